The Morgan fingerprint density at radius 3 is 2.38 bits per heavy atom. The molecule has 1 aliphatic rings. The predicted molar refractivity (Wildman–Crippen MR) is 116 cm³/mol. The van der Waals surface area contributed by atoms with Crippen LogP contribution in [0.25, 0.3) is 0 Å². The SMILES string of the molecule is Cc1cccc(N2CCN([C@H](C)C(=O)Nc3cccc(S(N)(=O)=O)c3)CC2)c1C. The van der Waals surface area contributed by atoms with E-state index < -0.39 is 10.0 Å². The van der Waals surface area contributed by atoms with Crippen molar-refractivity contribution in [2.75, 3.05) is 36.4 Å². The lowest BCUT2D eigenvalue weighted by atomic mass is 10.1. The number of amides is 1. The molecule has 2 aromatic rings. The van der Waals surface area contributed by atoms with Gasteiger partial charge in [0, 0.05) is 37.6 Å². The fraction of sp³-hybridized carbons (Fsp3) is 0.381. The van der Waals surface area contributed by atoms with Crippen molar-refractivity contribution in [3.8, 4) is 0 Å². The van der Waals surface area contributed by atoms with Gasteiger partial charge in [0.05, 0.1) is 10.9 Å². The van der Waals surface area contributed by atoms with Crippen molar-refractivity contribution in [1.29, 1.82) is 0 Å². The second kappa shape index (κ2) is 8.52. The van der Waals surface area contributed by atoms with Gasteiger partial charge < -0.3 is 10.2 Å². The van der Waals surface area contributed by atoms with Crippen LogP contribution in [0.15, 0.2) is 47.4 Å². The highest BCUT2D eigenvalue weighted by atomic mass is 32.2. The summed E-state index contributed by atoms with van der Waals surface area (Å²) < 4.78 is 23.0. The maximum Gasteiger partial charge on any atom is 0.241 e. The lowest BCUT2D eigenvalue weighted by molar-refractivity contribution is -0.120. The molecule has 0 saturated carbocycles. The highest BCUT2D eigenvalue weighted by molar-refractivity contribution is 7.89. The molecule has 0 aliphatic carbocycles. The lowest BCUT2D eigenvalue weighted by Crippen LogP contribution is -2.53. The van der Waals surface area contributed by atoms with Crippen LogP contribution < -0.4 is 15.4 Å². The standard InChI is InChI=1S/C21H28N4O3S/c1-15-6-4-9-20(16(15)2)25-12-10-24(11-13-25)17(3)21(26)23-18-7-5-8-19(14-18)29(22,27)28/h4-9,14,17H,10-13H2,1-3H3,(H,23,26)(H2,22,27,28)/t17-/m1/s1. The van der Waals surface area contributed by atoms with Crippen LogP contribution in [0.2, 0.25) is 0 Å². The van der Waals surface area contributed by atoms with Gasteiger partial charge in [-0.05, 0) is 56.2 Å². The van der Waals surface area contributed by atoms with Crippen LogP contribution in [-0.2, 0) is 14.8 Å². The molecule has 2 aromatic carbocycles. The molecule has 3 rings (SSSR count). The van der Waals surface area contributed by atoms with Crippen molar-refractivity contribution >= 4 is 27.3 Å². The van der Waals surface area contributed by atoms with Gasteiger partial charge in [0.15, 0.2) is 0 Å². The summed E-state index contributed by atoms with van der Waals surface area (Å²) in [4.78, 5) is 17.2. The Hall–Kier alpha value is -2.42. The Bertz CT molecular complexity index is 999. The number of anilines is 2. The Morgan fingerprint density at radius 1 is 1.07 bits per heavy atom. The number of nitrogens with two attached hydrogens (primary N) is 1. The molecule has 156 valence electrons. The zero-order valence-electron chi connectivity index (χ0n) is 17.1. The molecule has 8 heteroatoms. The average Bonchev–Trinajstić information content (AvgIpc) is 2.69. The topological polar surface area (TPSA) is 95.7 Å². The van der Waals surface area contributed by atoms with Crippen LogP contribution in [0, 0.1) is 13.8 Å². The number of carbonyl (C=O) groups excluding carboxylic acids is 1. The van der Waals surface area contributed by atoms with Crippen molar-refractivity contribution in [3.05, 3.63) is 53.6 Å². The zero-order chi connectivity index (χ0) is 21.2. The molecule has 1 saturated heterocycles. The van der Waals surface area contributed by atoms with Crippen LogP contribution in [0.1, 0.15) is 18.1 Å². The third-order valence-corrected chi connectivity index (χ3v) is 6.50. The van der Waals surface area contributed by atoms with E-state index in [0.717, 1.165) is 26.2 Å². The average molecular weight is 417 g/mol. The van der Waals surface area contributed by atoms with Crippen LogP contribution in [-0.4, -0.2) is 51.4 Å². The van der Waals surface area contributed by atoms with E-state index in [1.165, 1.54) is 28.9 Å². The summed E-state index contributed by atoms with van der Waals surface area (Å²) in [6.07, 6.45) is 0. The van der Waals surface area contributed by atoms with Crippen LogP contribution in [0.3, 0.4) is 0 Å². The highest BCUT2D eigenvalue weighted by Gasteiger charge is 2.26. The molecule has 0 bridgehead atoms. The monoisotopic (exact) mass is 416 g/mol. The summed E-state index contributed by atoms with van der Waals surface area (Å²) >= 11 is 0. The molecule has 0 radical (unpaired) electrons. The van der Waals surface area contributed by atoms with Gasteiger partial charge >= 0.3 is 0 Å². The first-order valence-corrected chi connectivity index (χ1v) is 11.2. The summed E-state index contributed by atoms with van der Waals surface area (Å²) in [5.74, 6) is -0.170. The minimum atomic E-state index is -3.81. The summed E-state index contributed by atoms with van der Waals surface area (Å²) in [6, 6.07) is 12.0. The molecule has 1 amide bonds. The molecule has 1 atom stereocenters. The second-order valence-electron chi connectivity index (χ2n) is 7.48. The van der Waals surface area contributed by atoms with Gasteiger partial charge in [0.25, 0.3) is 0 Å². The Kier molecular flexibility index (Phi) is 6.26. The highest BCUT2D eigenvalue weighted by Crippen LogP contribution is 2.24. The summed E-state index contributed by atoms with van der Waals surface area (Å²) in [5.41, 5.74) is 4.24. The van der Waals surface area contributed by atoms with Gasteiger partial charge in [-0.2, -0.15) is 0 Å². The van der Waals surface area contributed by atoms with Gasteiger partial charge in [-0.25, -0.2) is 13.6 Å². The molecule has 7 nitrogen and oxygen atoms in total. The molecule has 0 spiro atoms. The number of nitrogens with one attached hydrogen (secondary N) is 1. The van der Waals surface area contributed by atoms with Crippen LogP contribution >= 0.6 is 0 Å². The number of nitrogens with zero attached hydrogens (tertiary/aromatic N) is 2. The largest absolute Gasteiger partial charge is 0.369 e. The van der Waals surface area contributed by atoms with Gasteiger partial charge in [0.1, 0.15) is 0 Å². The molecular weight excluding hydrogens is 388 g/mol. The van der Waals surface area contributed by atoms with E-state index in [1.807, 2.05) is 6.92 Å². The maximum absolute atomic E-state index is 12.7. The third kappa shape index (κ3) is 4.95. The van der Waals surface area contributed by atoms with Gasteiger partial charge in [-0.1, -0.05) is 18.2 Å². The molecule has 0 unspecified atom stereocenters. The molecule has 29 heavy (non-hydrogen) atoms. The fourth-order valence-electron chi connectivity index (χ4n) is 3.59. The number of hydrogen-bond donors (Lipinski definition) is 2. The quantitative estimate of drug-likeness (QED) is 0.778. The molecule has 0 aromatic heterocycles. The Balaban J connectivity index is 1.61. The van der Waals surface area contributed by atoms with Crippen molar-refractivity contribution in [2.24, 2.45) is 5.14 Å². The Morgan fingerprint density at radius 2 is 1.72 bits per heavy atom. The van der Waals surface area contributed by atoms with E-state index in [4.69, 9.17) is 5.14 Å². The number of benzene rings is 2. The normalized spacial score (nSPS) is 16.5. The van der Waals surface area contributed by atoms with Gasteiger partial charge in [0.2, 0.25) is 15.9 Å². The summed E-state index contributed by atoms with van der Waals surface area (Å²) in [6.45, 7) is 9.38. The van der Waals surface area contributed by atoms with Gasteiger partial charge in [-0.15, -0.1) is 0 Å². The predicted octanol–water partition coefficient (Wildman–Crippen LogP) is 2.10. The number of primary sulfonamides is 1. The van der Waals surface area contributed by atoms with Gasteiger partial charge in [-0.3, -0.25) is 9.69 Å². The molecule has 1 heterocycles. The first-order chi connectivity index (χ1) is 13.7. The van der Waals surface area contributed by atoms with Crippen molar-refractivity contribution in [3.63, 3.8) is 0 Å². The minimum absolute atomic E-state index is 0.0231. The first kappa shape index (κ1) is 21.3. The minimum Gasteiger partial charge on any atom is -0.369 e. The van der Waals surface area contributed by atoms with Crippen LogP contribution in [0.5, 0.6) is 0 Å². The first-order valence-electron chi connectivity index (χ1n) is 9.66. The van der Waals surface area contributed by atoms with E-state index in [2.05, 4.69) is 47.2 Å². The van der Waals surface area contributed by atoms with Crippen molar-refractivity contribution in [1.82, 2.24) is 4.90 Å². The van der Waals surface area contributed by atoms with E-state index in [-0.39, 0.29) is 16.8 Å². The lowest BCUT2D eigenvalue weighted by Gasteiger charge is -2.39. The molecule has 1 fully saturated rings. The van der Waals surface area contributed by atoms with E-state index in [1.54, 1.807) is 12.1 Å². The number of aryl methyl sites for hydroxylation is 1. The molecular formula is C21H28N4O3S. The number of hydrogen-bond acceptors (Lipinski definition) is 5. The fourth-order valence-corrected chi connectivity index (χ4v) is 4.15. The number of piperazine rings is 1. The number of rotatable bonds is 5. The molecule has 3 N–H and O–H groups in total. The van der Waals surface area contributed by atoms with E-state index >= 15 is 0 Å². The number of carbonyl (C=O) groups is 1. The summed E-state index contributed by atoms with van der Waals surface area (Å²) in [7, 11) is -3.81. The maximum atomic E-state index is 12.7. The van der Waals surface area contributed by atoms with Crippen molar-refractivity contribution in [2.45, 2.75) is 31.7 Å². The van der Waals surface area contributed by atoms with E-state index in [0.29, 0.717) is 5.69 Å². The molecule has 1 aliphatic heterocycles. The smallest absolute Gasteiger partial charge is 0.241 e. The van der Waals surface area contributed by atoms with Crippen LogP contribution in [0.4, 0.5) is 11.4 Å². The summed E-state index contributed by atoms with van der Waals surface area (Å²) in [5, 5.41) is 7.96. The second-order valence-corrected chi connectivity index (χ2v) is 9.04. The zero-order valence-corrected chi connectivity index (χ0v) is 17.9. The van der Waals surface area contributed by atoms with E-state index in [9.17, 15) is 13.2 Å². The Labute approximate surface area is 172 Å². The number of sulfonamides is 1. The van der Waals surface area contributed by atoms with Crippen molar-refractivity contribution < 1.29 is 13.2 Å². The third-order valence-electron chi connectivity index (χ3n) is 5.59.